The van der Waals surface area contributed by atoms with Gasteiger partial charge in [-0.05, 0) is 54.8 Å². The van der Waals surface area contributed by atoms with Gasteiger partial charge in [-0.3, -0.25) is 0 Å². The molecule has 0 unspecified atom stereocenters. The number of methoxy groups -OCH3 is 1. The van der Waals surface area contributed by atoms with Crippen LogP contribution in [0.1, 0.15) is 49.0 Å². The van der Waals surface area contributed by atoms with E-state index in [1.807, 2.05) is 17.4 Å². The number of rotatable bonds is 7. The molecule has 0 bridgehead atoms. The molecule has 0 fully saturated rings. The first-order valence-electron chi connectivity index (χ1n) is 7.39. The highest BCUT2D eigenvalue weighted by Crippen LogP contribution is 2.40. The maximum Gasteiger partial charge on any atom is 0.120 e. The van der Waals surface area contributed by atoms with Gasteiger partial charge in [-0.25, -0.2) is 0 Å². The van der Waals surface area contributed by atoms with Crippen LogP contribution in [0.25, 0.3) is 10.1 Å². The van der Waals surface area contributed by atoms with Gasteiger partial charge in [0.2, 0.25) is 0 Å². The lowest BCUT2D eigenvalue weighted by atomic mass is 9.94. The summed E-state index contributed by atoms with van der Waals surface area (Å²) in [6.45, 7) is 4.70. The number of aliphatic hydroxyl groups is 1. The van der Waals surface area contributed by atoms with Gasteiger partial charge in [-0.15, -0.1) is 11.3 Å². The Morgan fingerprint density at radius 3 is 2.75 bits per heavy atom. The third-order valence-corrected chi connectivity index (χ3v) is 5.35. The van der Waals surface area contributed by atoms with Crippen molar-refractivity contribution in [3.05, 3.63) is 28.6 Å². The van der Waals surface area contributed by atoms with Crippen LogP contribution in [0.3, 0.4) is 0 Å². The molecule has 0 aliphatic carbocycles. The maximum atomic E-state index is 9.33. The molecule has 110 valence electrons. The number of ether oxygens (including phenoxy) is 1. The average Bonchev–Trinajstić information content (AvgIpc) is 2.80. The molecule has 1 N–H and O–H groups in total. The van der Waals surface area contributed by atoms with E-state index in [1.54, 1.807) is 7.11 Å². The predicted molar refractivity (Wildman–Crippen MR) is 87.1 cm³/mol. The van der Waals surface area contributed by atoms with Gasteiger partial charge in [0, 0.05) is 16.2 Å². The summed E-state index contributed by atoms with van der Waals surface area (Å²) in [4.78, 5) is 1.44. The van der Waals surface area contributed by atoms with Crippen LogP contribution in [-0.4, -0.2) is 18.8 Å². The summed E-state index contributed by atoms with van der Waals surface area (Å²) < 4.78 is 6.60. The van der Waals surface area contributed by atoms with Crippen LogP contribution in [-0.2, 0) is 0 Å². The second-order valence-electron chi connectivity index (χ2n) is 5.30. The summed E-state index contributed by atoms with van der Waals surface area (Å²) in [7, 11) is 1.71. The quantitative estimate of drug-likeness (QED) is 0.788. The largest absolute Gasteiger partial charge is 0.497 e. The van der Waals surface area contributed by atoms with Crippen molar-refractivity contribution in [2.45, 2.75) is 45.4 Å². The highest BCUT2D eigenvalue weighted by Gasteiger charge is 2.18. The Morgan fingerprint density at radius 1 is 1.30 bits per heavy atom. The van der Waals surface area contributed by atoms with Gasteiger partial charge in [-0.1, -0.05) is 19.8 Å². The highest BCUT2D eigenvalue weighted by molar-refractivity contribution is 7.19. The van der Waals surface area contributed by atoms with E-state index in [0.717, 1.165) is 12.2 Å². The van der Waals surface area contributed by atoms with Crippen molar-refractivity contribution in [3.8, 4) is 5.75 Å². The number of aliphatic hydroxyl groups excluding tert-OH is 1. The molecule has 3 heteroatoms. The summed E-state index contributed by atoms with van der Waals surface area (Å²) in [6, 6.07) is 6.30. The number of hydrogen-bond donors (Lipinski definition) is 1. The summed E-state index contributed by atoms with van der Waals surface area (Å²) in [5.41, 5.74) is 1.38. The Kier molecular flexibility index (Phi) is 5.44. The molecule has 1 aromatic heterocycles. The standard InChI is InChI=1S/C17H24O2S/c1-4-5-6-13(9-10-18)17-12(2)15-8-7-14(19-3)11-16(15)20-17/h7-8,11,13,18H,4-6,9-10H2,1-3H3/t13-/m0/s1. The normalized spacial score (nSPS) is 12.8. The van der Waals surface area contributed by atoms with E-state index in [9.17, 15) is 5.11 Å². The first-order chi connectivity index (χ1) is 9.71. The topological polar surface area (TPSA) is 29.5 Å². The molecule has 2 rings (SSSR count). The molecule has 1 aromatic carbocycles. The monoisotopic (exact) mass is 292 g/mol. The summed E-state index contributed by atoms with van der Waals surface area (Å²) in [6.07, 6.45) is 4.47. The van der Waals surface area contributed by atoms with Gasteiger partial charge in [0.25, 0.3) is 0 Å². The molecule has 0 aliphatic heterocycles. The third kappa shape index (κ3) is 3.15. The average molecular weight is 292 g/mol. The fourth-order valence-corrected chi connectivity index (χ4v) is 4.16. The molecule has 0 spiro atoms. The fraction of sp³-hybridized carbons (Fsp3) is 0.529. The van der Waals surface area contributed by atoms with Crippen LogP contribution in [0.2, 0.25) is 0 Å². The lowest BCUT2D eigenvalue weighted by Gasteiger charge is -2.14. The molecule has 1 heterocycles. The molecule has 0 saturated carbocycles. The molecule has 2 nitrogen and oxygen atoms in total. The molecule has 0 radical (unpaired) electrons. The van der Waals surface area contributed by atoms with Crippen molar-refractivity contribution in [1.29, 1.82) is 0 Å². The number of hydrogen-bond acceptors (Lipinski definition) is 3. The smallest absolute Gasteiger partial charge is 0.120 e. The van der Waals surface area contributed by atoms with Crippen molar-refractivity contribution >= 4 is 21.4 Å². The van der Waals surface area contributed by atoms with Crippen LogP contribution in [0.15, 0.2) is 18.2 Å². The molecule has 1 atom stereocenters. The minimum atomic E-state index is 0.269. The SMILES string of the molecule is CCCC[C@@H](CCO)c1sc2cc(OC)ccc2c1C. The van der Waals surface area contributed by atoms with Gasteiger partial charge in [0.1, 0.15) is 5.75 Å². The number of benzene rings is 1. The lowest BCUT2D eigenvalue weighted by Crippen LogP contribution is -2.01. The summed E-state index contributed by atoms with van der Waals surface area (Å²) in [5, 5.41) is 10.7. The number of aryl methyl sites for hydroxylation is 1. The fourth-order valence-electron chi connectivity index (χ4n) is 2.75. The first-order valence-corrected chi connectivity index (χ1v) is 8.20. The summed E-state index contributed by atoms with van der Waals surface area (Å²) in [5.74, 6) is 1.40. The van der Waals surface area contributed by atoms with Gasteiger partial charge in [0.15, 0.2) is 0 Å². The van der Waals surface area contributed by atoms with Crippen molar-refractivity contribution < 1.29 is 9.84 Å². The zero-order valence-corrected chi connectivity index (χ0v) is 13.4. The molecular weight excluding hydrogens is 268 g/mol. The molecule has 0 amide bonds. The van der Waals surface area contributed by atoms with E-state index in [1.165, 1.54) is 39.8 Å². The zero-order chi connectivity index (χ0) is 14.5. The third-order valence-electron chi connectivity index (χ3n) is 3.94. The number of thiophene rings is 1. The second kappa shape index (κ2) is 7.09. The number of unbranched alkanes of at least 4 members (excludes halogenated alkanes) is 1. The van der Waals surface area contributed by atoms with E-state index >= 15 is 0 Å². The first kappa shape index (κ1) is 15.3. The number of fused-ring (bicyclic) bond motifs is 1. The van der Waals surface area contributed by atoms with Gasteiger partial charge >= 0.3 is 0 Å². The van der Waals surface area contributed by atoms with E-state index < -0.39 is 0 Å². The van der Waals surface area contributed by atoms with E-state index in [2.05, 4.69) is 26.0 Å². The minimum Gasteiger partial charge on any atom is -0.497 e. The van der Waals surface area contributed by atoms with Crippen LogP contribution in [0.4, 0.5) is 0 Å². The van der Waals surface area contributed by atoms with E-state index in [4.69, 9.17) is 4.74 Å². The van der Waals surface area contributed by atoms with Crippen molar-refractivity contribution in [2.24, 2.45) is 0 Å². The van der Waals surface area contributed by atoms with Gasteiger partial charge < -0.3 is 9.84 Å². The van der Waals surface area contributed by atoms with Crippen molar-refractivity contribution in [3.63, 3.8) is 0 Å². The molecule has 0 aliphatic rings. The zero-order valence-electron chi connectivity index (χ0n) is 12.6. The Morgan fingerprint density at radius 2 is 2.10 bits per heavy atom. The molecule has 20 heavy (non-hydrogen) atoms. The predicted octanol–water partition coefficient (Wildman–Crippen LogP) is 4.87. The van der Waals surface area contributed by atoms with E-state index in [0.29, 0.717) is 5.92 Å². The highest BCUT2D eigenvalue weighted by atomic mass is 32.1. The van der Waals surface area contributed by atoms with Gasteiger partial charge in [0.05, 0.1) is 7.11 Å². The van der Waals surface area contributed by atoms with Crippen LogP contribution in [0.5, 0.6) is 5.75 Å². The van der Waals surface area contributed by atoms with Crippen LogP contribution >= 0.6 is 11.3 Å². The van der Waals surface area contributed by atoms with Gasteiger partial charge in [-0.2, -0.15) is 0 Å². The van der Waals surface area contributed by atoms with Crippen molar-refractivity contribution in [2.75, 3.05) is 13.7 Å². The minimum absolute atomic E-state index is 0.269. The van der Waals surface area contributed by atoms with Crippen LogP contribution < -0.4 is 4.74 Å². The maximum absolute atomic E-state index is 9.33. The Balaban J connectivity index is 2.38. The van der Waals surface area contributed by atoms with E-state index in [-0.39, 0.29) is 6.61 Å². The molecule has 2 aromatic rings. The van der Waals surface area contributed by atoms with Crippen molar-refractivity contribution in [1.82, 2.24) is 0 Å². The molecule has 0 saturated heterocycles. The Labute approximate surface area is 125 Å². The summed E-state index contributed by atoms with van der Waals surface area (Å²) >= 11 is 1.86. The lowest BCUT2D eigenvalue weighted by molar-refractivity contribution is 0.272. The molecular formula is C17H24O2S. The van der Waals surface area contributed by atoms with Crippen LogP contribution in [0, 0.1) is 6.92 Å². The Hall–Kier alpha value is -1.06. The second-order valence-corrected chi connectivity index (χ2v) is 6.39. The Bertz CT molecular complexity index is 559.